The minimum atomic E-state index is -4.49. The van der Waals surface area contributed by atoms with Gasteiger partial charge in [0.25, 0.3) is 11.8 Å². The van der Waals surface area contributed by atoms with Gasteiger partial charge < -0.3 is 30.7 Å². The van der Waals surface area contributed by atoms with E-state index in [0.29, 0.717) is 41.0 Å². The molecule has 8 rings (SSSR count). The number of hydrogen-bond acceptors (Lipinski definition) is 10. The van der Waals surface area contributed by atoms with Crippen LogP contribution in [0.5, 0.6) is 0 Å². The van der Waals surface area contributed by atoms with Crippen LogP contribution in [0.1, 0.15) is 49.6 Å². The van der Waals surface area contributed by atoms with E-state index >= 15 is 0 Å². The smallest absolute Gasteiger partial charge is 0.371 e. The van der Waals surface area contributed by atoms with Gasteiger partial charge in [0, 0.05) is 73.4 Å². The van der Waals surface area contributed by atoms with E-state index in [1.165, 1.54) is 23.3 Å². The maximum Gasteiger partial charge on any atom is 0.416 e. The number of carbonyl (C=O) groups excluding carboxylic acids is 2. The molecule has 0 radical (unpaired) electrons. The van der Waals surface area contributed by atoms with Gasteiger partial charge >= 0.3 is 6.18 Å². The molecule has 2 aromatic carbocycles. The molecule has 0 aliphatic carbocycles. The zero-order valence-electron chi connectivity index (χ0n) is 30.1. The molecule has 6 heterocycles. The number of benzene rings is 2. The van der Waals surface area contributed by atoms with Gasteiger partial charge in [0.1, 0.15) is 0 Å². The molecule has 294 valence electrons. The average molecular weight is 801 g/mol. The molecule has 0 saturated carbocycles. The van der Waals surface area contributed by atoms with Gasteiger partial charge in [-0.1, -0.05) is 35.9 Å². The lowest BCUT2D eigenvalue weighted by atomic mass is 10.1. The summed E-state index contributed by atoms with van der Waals surface area (Å²) in [6.07, 6.45) is 3.88. The molecule has 2 fully saturated rings. The Morgan fingerprint density at radius 2 is 1.18 bits per heavy atom. The lowest BCUT2D eigenvalue weighted by Crippen LogP contribution is -2.33. The minimum Gasteiger partial charge on any atom is -0.371 e. The molecular weight excluding hydrogens is 765 g/mol. The second kappa shape index (κ2) is 17.9. The van der Waals surface area contributed by atoms with Gasteiger partial charge in [0.05, 0.1) is 54.5 Å². The number of nitrogens with zero attached hydrogens (tertiary/aromatic N) is 6. The van der Waals surface area contributed by atoms with Crippen molar-refractivity contribution in [2.24, 2.45) is 0 Å². The van der Waals surface area contributed by atoms with E-state index in [-0.39, 0.29) is 29.5 Å². The van der Waals surface area contributed by atoms with E-state index in [4.69, 9.17) is 21.1 Å². The van der Waals surface area contributed by atoms with Crippen molar-refractivity contribution >= 4 is 34.8 Å². The molecule has 0 unspecified atom stereocenters. The summed E-state index contributed by atoms with van der Waals surface area (Å²) in [6, 6.07) is 20.1. The Labute approximate surface area is 329 Å². The Morgan fingerprint density at radius 3 is 1.61 bits per heavy atom. The number of alkyl halides is 3. The quantitative estimate of drug-likeness (QED) is 0.143. The Bertz CT molecular complexity index is 2290. The summed E-state index contributed by atoms with van der Waals surface area (Å²) in [5.41, 5.74) is 3.16. The van der Waals surface area contributed by atoms with Crippen LogP contribution >= 0.6 is 11.6 Å². The molecule has 6 aromatic rings. The molecule has 4 aromatic heterocycles. The van der Waals surface area contributed by atoms with E-state index in [9.17, 15) is 22.8 Å². The van der Waals surface area contributed by atoms with Crippen molar-refractivity contribution in [2.75, 3.05) is 50.0 Å². The Morgan fingerprint density at radius 1 is 0.702 bits per heavy atom. The first kappa shape index (κ1) is 39.3. The molecule has 0 bridgehead atoms. The van der Waals surface area contributed by atoms with Crippen LogP contribution in [0.3, 0.4) is 0 Å². The molecule has 57 heavy (non-hydrogen) atoms. The summed E-state index contributed by atoms with van der Waals surface area (Å²) in [6.45, 7) is 4.58. The van der Waals surface area contributed by atoms with Crippen LogP contribution in [-0.4, -0.2) is 80.7 Å². The third-order valence-corrected chi connectivity index (χ3v) is 9.11. The number of morpholine rings is 2. The largest absolute Gasteiger partial charge is 0.416 e. The van der Waals surface area contributed by atoms with Crippen molar-refractivity contribution in [3.63, 3.8) is 0 Å². The number of amides is 2. The lowest BCUT2D eigenvalue weighted by Gasteiger charge is -2.24. The van der Waals surface area contributed by atoms with Crippen molar-refractivity contribution < 1.29 is 32.2 Å². The van der Waals surface area contributed by atoms with E-state index in [0.717, 1.165) is 60.3 Å². The molecule has 2 amide bonds. The van der Waals surface area contributed by atoms with Crippen molar-refractivity contribution in [3.05, 3.63) is 143 Å². The zero-order chi connectivity index (χ0) is 39.8. The predicted octanol–water partition coefficient (Wildman–Crippen LogP) is 6.03. The molecule has 2 aliphatic heterocycles. The highest BCUT2D eigenvalue weighted by Crippen LogP contribution is 2.30. The number of carbonyl (C=O) groups is 2. The van der Waals surface area contributed by atoms with Crippen LogP contribution in [-0.2, 0) is 15.7 Å². The molecule has 2 atom stereocenters. The second-order valence-corrected chi connectivity index (χ2v) is 13.3. The average Bonchev–Trinajstić information content (AvgIpc) is 3.94. The van der Waals surface area contributed by atoms with Gasteiger partial charge in [-0.15, -0.1) is 0 Å². The second-order valence-electron chi connectivity index (χ2n) is 12.9. The maximum atomic E-state index is 12.9. The summed E-state index contributed by atoms with van der Waals surface area (Å²) in [5, 5.41) is 20.9. The highest BCUT2D eigenvalue weighted by Gasteiger charge is 2.31. The highest BCUT2D eigenvalue weighted by atomic mass is 35.5. The van der Waals surface area contributed by atoms with Crippen molar-refractivity contribution in [2.45, 2.75) is 18.4 Å². The first-order chi connectivity index (χ1) is 27.6. The summed E-state index contributed by atoms with van der Waals surface area (Å²) < 4.78 is 52.7. The van der Waals surface area contributed by atoms with Gasteiger partial charge in [-0.2, -0.15) is 23.4 Å². The number of halogens is 4. The molecule has 18 heteroatoms. The topological polar surface area (TPSA) is 162 Å². The highest BCUT2D eigenvalue weighted by molar-refractivity contribution is 6.30. The molecular formula is C39H36ClF3N10O4. The van der Waals surface area contributed by atoms with Crippen molar-refractivity contribution in [1.29, 1.82) is 0 Å². The first-order valence-electron chi connectivity index (χ1n) is 17.8. The van der Waals surface area contributed by atoms with E-state index in [1.54, 1.807) is 36.7 Å². The first-order valence-corrected chi connectivity index (χ1v) is 18.2. The van der Waals surface area contributed by atoms with Gasteiger partial charge in [-0.3, -0.25) is 9.59 Å². The molecule has 14 nitrogen and oxygen atoms in total. The Balaban J connectivity index is 0.000000175. The number of rotatable bonds is 8. The number of nitrogens with one attached hydrogen (secondary N) is 4. The molecule has 4 N–H and O–H groups in total. The number of aromatic nitrogens is 6. The third-order valence-electron chi connectivity index (χ3n) is 8.88. The normalized spacial score (nSPS) is 16.9. The predicted molar refractivity (Wildman–Crippen MR) is 205 cm³/mol. The summed E-state index contributed by atoms with van der Waals surface area (Å²) in [7, 11) is 0. The van der Waals surface area contributed by atoms with Crippen LogP contribution in [0.4, 0.5) is 24.5 Å². The van der Waals surface area contributed by atoms with Crippen LogP contribution in [0.25, 0.3) is 11.6 Å². The van der Waals surface area contributed by atoms with Gasteiger partial charge in [0.2, 0.25) is 0 Å². The summed E-state index contributed by atoms with van der Waals surface area (Å²) in [5.74, 6) is -0.163. The van der Waals surface area contributed by atoms with Crippen LogP contribution in [0, 0.1) is 0 Å². The summed E-state index contributed by atoms with van der Waals surface area (Å²) in [4.78, 5) is 33.0. The zero-order valence-corrected chi connectivity index (χ0v) is 30.9. The number of pyridine rings is 2. The number of anilines is 2. The monoisotopic (exact) mass is 800 g/mol. The third kappa shape index (κ3) is 10.3. The van der Waals surface area contributed by atoms with Crippen molar-refractivity contribution in [1.82, 2.24) is 40.2 Å². The van der Waals surface area contributed by atoms with Crippen LogP contribution in [0.15, 0.2) is 110 Å². The fourth-order valence-corrected chi connectivity index (χ4v) is 6.05. The van der Waals surface area contributed by atoms with E-state index in [2.05, 4.69) is 41.4 Å². The molecule has 2 saturated heterocycles. The van der Waals surface area contributed by atoms with Gasteiger partial charge in [0.15, 0.2) is 11.6 Å². The molecule has 0 spiro atoms. The summed E-state index contributed by atoms with van der Waals surface area (Å²) >= 11 is 5.97. The minimum absolute atomic E-state index is 0.0262. The van der Waals surface area contributed by atoms with E-state index < -0.39 is 17.6 Å². The fourth-order valence-electron chi connectivity index (χ4n) is 5.90. The lowest BCUT2D eigenvalue weighted by molar-refractivity contribution is -0.137. The number of ether oxygens (including phenoxy) is 2. The SMILES string of the molecule is O=C(Nc1ccc([C@H]2CNCCO2)cc1)c1cnn(-c2cc(C(F)(F)F)ccn2)c1.O=C(Nc1ccc([C@H]2CNCCO2)cc1)c1cnn(-c2cc(Cl)ccn2)c1. The fraction of sp³-hybridized carbons (Fsp3) is 0.231. The van der Waals surface area contributed by atoms with Gasteiger partial charge in [-0.05, 0) is 53.6 Å². The Hall–Kier alpha value is -5.98. The van der Waals surface area contributed by atoms with Crippen LogP contribution < -0.4 is 21.3 Å². The Kier molecular flexibility index (Phi) is 12.3. The molecule has 2 aliphatic rings. The van der Waals surface area contributed by atoms with Crippen molar-refractivity contribution in [3.8, 4) is 11.6 Å². The van der Waals surface area contributed by atoms with Gasteiger partial charge in [-0.25, -0.2) is 19.3 Å². The van der Waals surface area contributed by atoms with E-state index in [1.807, 2.05) is 36.4 Å². The maximum absolute atomic E-state index is 12.9. The number of hydrogen-bond donors (Lipinski definition) is 4. The van der Waals surface area contributed by atoms with Crippen LogP contribution in [0.2, 0.25) is 5.02 Å². The standard InChI is InChI=1S/C20H18F3N5O2.C19H18ClN5O2/c21-20(22,23)15-5-6-25-18(9-15)28-12-14(10-26-28)19(29)27-16-3-1-13(2-4-16)17-11-24-7-8-30-17;20-15-5-6-22-18(9-15)25-12-14(10-23-25)19(26)24-16-3-1-13(2-4-16)17-11-21-7-8-27-17/h1-6,9-10,12,17,24H,7-8,11H2,(H,27,29);1-6,9-10,12,17,21H,7-8,11H2,(H,24,26)/t2*17-/m11/s1.